The number of hydrogen-bond donors (Lipinski definition) is 0. The number of benzene rings is 1. The van der Waals surface area contributed by atoms with Crippen LogP contribution in [0.3, 0.4) is 0 Å². The number of nitrogens with zero attached hydrogens (tertiary/aromatic N) is 2. The van der Waals surface area contributed by atoms with E-state index in [1.165, 1.54) is 24.3 Å². The lowest BCUT2D eigenvalue weighted by molar-refractivity contribution is 0.0474. The number of aryl methyl sites for hydroxylation is 1. The number of carbonyl (C=O) groups is 2. The Bertz CT molecular complexity index is 829. The predicted molar refractivity (Wildman–Crippen MR) is 96.2 cm³/mol. The Hall–Kier alpha value is -2.91. The van der Waals surface area contributed by atoms with Gasteiger partial charge in [-0.3, -0.25) is 4.79 Å². The van der Waals surface area contributed by atoms with Crippen molar-refractivity contribution in [3.05, 3.63) is 58.4 Å². The number of esters is 1. The Kier molecular flexibility index (Phi) is 6.70. The van der Waals surface area contributed by atoms with E-state index in [4.69, 9.17) is 14.7 Å². The van der Waals surface area contributed by atoms with Gasteiger partial charge in [-0.25, -0.2) is 4.79 Å². The second kappa shape index (κ2) is 8.97. The highest BCUT2D eigenvalue weighted by Gasteiger charge is 2.17. The molecule has 0 aliphatic carbocycles. The Labute approximate surface area is 152 Å². The minimum atomic E-state index is -0.586. The molecular weight excluding hydrogens is 332 g/mol. The number of hydrogen-bond acceptors (Lipinski definition) is 5. The topological polar surface area (TPSA) is 81.3 Å². The summed E-state index contributed by atoms with van der Waals surface area (Å²) in [6.45, 7) is 4.93. The van der Waals surface area contributed by atoms with Gasteiger partial charge in [0.1, 0.15) is 0 Å². The third-order valence-corrected chi connectivity index (χ3v) is 4.19. The van der Waals surface area contributed by atoms with Crippen molar-refractivity contribution in [2.24, 2.45) is 0 Å². The van der Waals surface area contributed by atoms with Crippen molar-refractivity contribution in [1.29, 1.82) is 5.26 Å². The quantitative estimate of drug-likeness (QED) is 0.413. The first-order valence-corrected chi connectivity index (χ1v) is 8.34. The summed E-state index contributed by atoms with van der Waals surface area (Å²) in [5.74, 6) is -0.824. The third kappa shape index (κ3) is 4.58. The molecule has 1 heterocycles. The summed E-state index contributed by atoms with van der Waals surface area (Å²) in [6.07, 6.45) is 0.855. The molecule has 0 fully saturated rings. The average Bonchev–Trinajstić information content (AvgIpc) is 2.94. The van der Waals surface area contributed by atoms with Gasteiger partial charge in [0.15, 0.2) is 6.61 Å². The molecule has 0 unspecified atom stereocenters. The second-order valence-corrected chi connectivity index (χ2v) is 5.97. The van der Waals surface area contributed by atoms with Gasteiger partial charge in [0.2, 0.25) is 5.78 Å². The van der Waals surface area contributed by atoms with E-state index in [9.17, 15) is 9.59 Å². The maximum Gasteiger partial charge on any atom is 0.338 e. The summed E-state index contributed by atoms with van der Waals surface area (Å²) in [7, 11) is 1.66. The highest BCUT2D eigenvalue weighted by molar-refractivity contribution is 6.00. The minimum Gasteiger partial charge on any atom is -0.454 e. The summed E-state index contributed by atoms with van der Waals surface area (Å²) in [6, 6.07) is 9.88. The van der Waals surface area contributed by atoms with Crippen LogP contribution in [0.2, 0.25) is 0 Å². The lowest BCUT2D eigenvalue weighted by Crippen LogP contribution is -2.15. The number of Topliss-reactive ketones (excluding diaryl/α,β-unsaturated/α-hetero) is 1. The molecule has 0 aliphatic heterocycles. The number of aromatic nitrogens is 1. The summed E-state index contributed by atoms with van der Waals surface area (Å²) in [5, 5.41) is 8.77. The monoisotopic (exact) mass is 354 g/mol. The van der Waals surface area contributed by atoms with Gasteiger partial charge in [-0.05, 0) is 50.6 Å². The van der Waals surface area contributed by atoms with Crippen molar-refractivity contribution < 1.29 is 19.1 Å². The molecule has 1 aromatic heterocycles. The second-order valence-electron chi connectivity index (χ2n) is 5.97. The van der Waals surface area contributed by atoms with Crippen molar-refractivity contribution >= 4 is 11.8 Å². The van der Waals surface area contributed by atoms with E-state index in [0.29, 0.717) is 23.3 Å². The van der Waals surface area contributed by atoms with Crippen LogP contribution < -0.4 is 0 Å². The zero-order valence-electron chi connectivity index (χ0n) is 15.2. The third-order valence-electron chi connectivity index (χ3n) is 4.19. The van der Waals surface area contributed by atoms with Crippen LogP contribution in [0.4, 0.5) is 0 Å². The molecule has 0 N–H and O–H groups in total. The molecule has 0 spiro atoms. The number of ketones is 1. The molecule has 0 atom stereocenters. The van der Waals surface area contributed by atoms with Crippen molar-refractivity contribution in [3.63, 3.8) is 0 Å². The highest BCUT2D eigenvalue weighted by Crippen LogP contribution is 2.17. The lowest BCUT2D eigenvalue weighted by Gasteiger charge is -2.09. The van der Waals surface area contributed by atoms with Gasteiger partial charge in [-0.15, -0.1) is 0 Å². The normalized spacial score (nSPS) is 10.4. The van der Waals surface area contributed by atoms with Crippen LogP contribution in [-0.4, -0.2) is 36.6 Å². The van der Waals surface area contributed by atoms with E-state index in [1.54, 1.807) is 7.11 Å². The molecule has 0 saturated heterocycles. The molecule has 6 nitrogen and oxygen atoms in total. The van der Waals surface area contributed by atoms with Gasteiger partial charge in [0, 0.05) is 37.2 Å². The molecular formula is C20H22N2O4. The van der Waals surface area contributed by atoms with Crippen molar-refractivity contribution in [3.8, 4) is 6.07 Å². The molecule has 6 heteroatoms. The van der Waals surface area contributed by atoms with Crippen LogP contribution in [0, 0.1) is 25.2 Å². The van der Waals surface area contributed by atoms with Gasteiger partial charge in [0.25, 0.3) is 0 Å². The maximum atomic E-state index is 12.4. The van der Waals surface area contributed by atoms with Gasteiger partial charge in [0.05, 0.1) is 17.2 Å². The fourth-order valence-electron chi connectivity index (χ4n) is 2.77. The van der Waals surface area contributed by atoms with Gasteiger partial charge in [-0.1, -0.05) is 0 Å². The van der Waals surface area contributed by atoms with E-state index in [1.807, 2.05) is 26.0 Å². The molecule has 1 aromatic carbocycles. The van der Waals surface area contributed by atoms with Crippen LogP contribution in [0.5, 0.6) is 0 Å². The average molecular weight is 354 g/mol. The van der Waals surface area contributed by atoms with E-state index >= 15 is 0 Å². The fraction of sp³-hybridized carbons (Fsp3) is 0.350. The Balaban J connectivity index is 2.00. The Morgan fingerprint density at radius 2 is 1.88 bits per heavy atom. The zero-order valence-corrected chi connectivity index (χ0v) is 15.2. The molecule has 0 amide bonds. The summed E-state index contributed by atoms with van der Waals surface area (Å²) < 4.78 is 12.2. The zero-order chi connectivity index (χ0) is 19.1. The first kappa shape index (κ1) is 19.4. The molecule has 136 valence electrons. The van der Waals surface area contributed by atoms with Crippen LogP contribution in [-0.2, 0) is 16.0 Å². The van der Waals surface area contributed by atoms with E-state index in [0.717, 1.165) is 24.4 Å². The van der Waals surface area contributed by atoms with Gasteiger partial charge >= 0.3 is 5.97 Å². The number of rotatable bonds is 8. The fourth-order valence-corrected chi connectivity index (χ4v) is 2.77. The van der Waals surface area contributed by atoms with Crippen LogP contribution in [0.15, 0.2) is 30.3 Å². The molecule has 0 saturated carbocycles. The Morgan fingerprint density at radius 1 is 1.19 bits per heavy atom. The van der Waals surface area contributed by atoms with Gasteiger partial charge in [-0.2, -0.15) is 5.26 Å². The number of nitriles is 1. The lowest BCUT2D eigenvalue weighted by atomic mass is 10.1. The predicted octanol–water partition coefficient (Wildman–Crippen LogP) is 3.05. The molecule has 0 bridgehead atoms. The smallest absolute Gasteiger partial charge is 0.338 e. The minimum absolute atomic E-state index is 0.238. The largest absolute Gasteiger partial charge is 0.454 e. The summed E-state index contributed by atoms with van der Waals surface area (Å²) in [5.41, 5.74) is 3.17. The summed E-state index contributed by atoms with van der Waals surface area (Å²) in [4.78, 5) is 24.5. The highest BCUT2D eigenvalue weighted by atomic mass is 16.5. The first-order valence-electron chi connectivity index (χ1n) is 8.34. The number of methoxy groups -OCH3 is 1. The SMILES string of the molecule is COCCCn1c(C)cc(C(=O)COC(=O)c2ccc(C#N)cc2)c1C. The molecule has 26 heavy (non-hydrogen) atoms. The Morgan fingerprint density at radius 3 is 2.50 bits per heavy atom. The van der Waals surface area contributed by atoms with Gasteiger partial charge < -0.3 is 14.0 Å². The molecule has 2 rings (SSSR count). The summed E-state index contributed by atoms with van der Waals surface area (Å²) >= 11 is 0. The molecule has 0 radical (unpaired) electrons. The van der Waals surface area contributed by atoms with Crippen molar-refractivity contribution in [1.82, 2.24) is 4.57 Å². The number of carbonyl (C=O) groups excluding carboxylic acids is 2. The van der Waals surface area contributed by atoms with Crippen LogP contribution in [0.25, 0.3) is 0 Å². The standard InChI is InChI=1S/C20H22N2O4/c1-14-11-18(15(2)22(14)9-4-10-25-3)19(23)13-26-20(24)17-7-5-16(12-21)6-8-17/h5-8,11H,4,9-10,13H2,1-3H3. The maximum absolute atomic E-state index is 12.4. The van der Waals surface area contributed by atoms with Crippen molar-refractivity contribution in [2.75, 3.05) is 20.3 Å². The van der Waals surface area contributed by atoms with E-state index in [-0.39, 0.29) is 12.4 Å². The van der Waals surface area contributed by atoms with Crippen LogP contribution >= 0.6 is 0 Å². The molecule has 0 aliphatic rings. The van der Waals surface area contributed by atoms with Crippen LogP contribution in [0.1, 0.15) is 44.1 Å². The van der Waals surface area contributed by atoms with E-state index in [2.05, 4.69) is 4.57 Å². The first-order chi connectivity index (χ1) is 12.5. The molecule has 2 aromatic rings. The van der Waals surface area contributed by atoms with Crippen molar-refractivity contribution in [2.45, 2.75) is 26.8 Å². The number of ether oxygens (including phenoxy) is 2. The van der Waals surface area contributed by atoms with E-state index < -0.39 is 5.97 Å².